The fraction of sp³-hybridized carbons (Fsp3) is 0.486. The van der Waals surface area contributed by atoms with Gasteiger partial charge in [0, 0.05) is 23.4 Å². The Morgan fingerprint density at radius 3 is 2.36 bits per heavy atom. The largest absolute Gasteiger partial charge is 0.456 e. The number of hydrogen-bond acceptors (Lipinski definition) is 4. The maximum absolute atomic E-state index is 15.2. The lowest BCUT2D eigenvalue weighted by Gasteiger charge is -2.56. The molecule has 1 amide bonds. The first-order valence-corrected chi connectivity index (χ1v) is 15.4. The molecule has 4 aliphatic carbocycles. The standard InChI is InChI=1S/C35H36F5NO4/c1-20-3-10-24(11-4-20)41-31(43)45-19-21-5-7-22(8-6-21)28-18-32(2)29(15-16-33(32,44)34(36,37)35(38,39)40)27-13-9-23-17-25(42)12-14-26(23)30(27)28/h3-8,10-11,17,27-29,44H,9,12-16,18-19H2,1-2H3,(H,41,43)/t27?,28-,29?,32+,33+/m1/s1. The van der Waals surface area contributed by atoms with Crippen LogP contribution in [0, 0.1) is 24.2 Å². The number of anilines is 1. The second-order valence-electron chi connectivity index (χ2n) is 13.3. The van der Waals surface area contributed by atoms with Crippen molar-refractivity contribution in [1.29, 1.82) is 0 Å². The molecule has 0 heterocycles. The lowest BCUT2D eigenvalue weighted by Crippen LogP contribution is -2.65. The number of ketones is 1. The zero-order chi connectivity index (χ0) is 32.4. The molecule has 5 atom stereocenters. The predicted octanol–water partition coefficient (Wildman–Crippen LogP) is 8.57. The van der Waals surface area contributed by atoms with Crippen molar-refractivity contribution in [3.05, 3.63) is 88.0 Å². The Morgan fingerprint density at radius 2 is 1.69 bits per heavy atom. The van der Waals surface area contributed by atoms with Gasteiger partial charge in [-0.3, -0.25) is 10.1 Å². The molecule has 2 aromatic carbocycles. The highest BCUT2D eigenvalue weighted by Crippen LogP contribution is 2.70. The molecule has 5 nitrogen and oxygen atoms in total. The summed E-state index contributed by atoms with van der Waals surface area (Å²) in [6.45, 7) is 3.30. The van der Waals surface area contributed by atoms with Crippen LogP contribution in [-0.4, -0.2) is 34.7 Å². The van der Waals surface area contributed by atoms with E-state index in [9.17, 15) is 27.9 Å². The van der Waals surface area contributed by atoms with Crippen LogP contribution in [0.25, 0.3) is 0 Å². The van der Waals surface area contributed by atoms with Crippen LogP contribution in [0.3, 0.4) is 0 Å². The zero-order valence-electron chi connectivity index (χ0n) is 25.1. The molecule has 6 rings (SSSR count). The summed E-state index contributed by atoms with van der Waals surface area (Å²) in [5, 5.41) is 14.1. The fourth-order valence-corrected chi connectivity index (χ4v) is 8.50. The number of carbonyl (C=O) groups is 2. The predicted molar refractivity (Wildman–Crippen MR) is 158 cm³/mol. The number of aliphatic hydroxyl groups is 1. The molecule has 4 aliphatic rings. The summed E-state index contributed by atoms with van der Waals surface area (Å²) in [5.41, 5.74) is 0.981. The van der Waals surface area contributed by atoms with Crippen molar-refractivity contribution in [3.8, 4) is 0 Å². The number of aryl methyl sites for hydroxylation is 1. The first-order chi connectivity index (χ1) is 21.1. The van der Waals surface area contributed by atoms with E-state index in [-0.39, 0.29) is 31.1 Å². The number of nitrogens with one attached hydrogen (secondary N) is 1. The summed E-state index contributed by atoms with van der Waals surface area (Å²) >= 11 is 0. The maximum Gasteiger partial charge on any atom is 0.456 e. The van der Waals surface area contributed by atoms with Crippen molar-refractivity contribution in [2.45, 2.75) is 89.0 Å². The van der Waals surface area contributed by atoms with Crippen LogP contribution >= 0.6 is 0 Å². The minimum absolute atomic E-state index is 0.0285. The summed E-state index contributed by atoms with van der Waals surface area (Å²) in [6, 6.07) is 14.3. The highest BCUT2D eigenvalue weighted by molar-refractivity contribution is 5.93. The molecule has 2 aromatic rings. The molecule has 2 fully saturated rings. The molecule has 0 aromatic heterocycles. The monoisotopic (exact) mass is 629 g/mol. The number of halogens is 5. The molecule has 2 saturated carbocycles. The molecule has 10 heteroatoms. The molecular formula is C35H36F5NO4. The van der Waals surface area contributed by atoms with Crippen LogP contribution in [0.15, 0.2) is 71.3 Å². The molecule has 0 aliphatic heterocycles. The number of benzene rings is 2. The summed E-state index contributed by atoms with van der Waals surface area (Å²) < 4.78 is 77.1. The summed E-state index contributed by atoms with van der Waals surface area (Å²) in [4.78, 5) is 24.6. The van der Waals surface area contributed by atoms with E-state index in [0.717, 1.165) is 27.8 Å². The van der Waals surface area contributed by atoms with Gasteiger partial charge in [0.05, 0.1) is 0 Å². The van der Waals surface area contributed by atoms with Crippen molar-refractivity contribution in [2.24, 2.45) is 17.3 Å². The van der Waals surface area contributed by atoms with E-state index in [4.69, 9.17) is 4.74 Å². The van der Waals surface area contributed by atoms with Gasteiger partial charge in [-0.1, -0.05) is 54.5 Å². The Labute approximate surface area is 258 Å². The van der Waals surface area contributed by atoms with Crippen LogP contribution in [0.4, 0.5) is 32.4 Å². The number of alkyl halides is 5. The Morgan fingerprint density at radius 1 is 1.00 bits per heavy atom. The Hall–Kier alpha value is -3.53. The number of fused-ring (bicyclic) bond motifs is 4. The first-order valence-electron chi connectivity index (χ1n) is 15.4. The van der Waals surface area contributed by atoms with Gasteiger partial charge in [-0.15, -0.1) is 0 Å². The summed E-state index contributed by atoms with van der Waals surface area (Å²) in [7, 11) is 0. The third kappa shape index (κ3) is 5.19. The van der Waals surface area contributed by atoms with Crippen LogP contribution < -0.4 is 5.32 Å². The van der Waals surface area contributed by atoms with E-state index in [0.29, 0.717) is 36.9 Å². The van der Waals surface area contributed by atoms with Gasteiger partial charge < -0.3 is 9.84 Å². The van der Waals surface area contributed by atoms with Crippen LogP contribution in [-0.2, 0) is 16.1 Å². The molecule has 0 bridgehead atoms. The van der Waals surface area contributed by atoms with E-state index in [1.54, 1.807) is 42.5 Å². The minimum atomic E-state index is -5.90. The average molecular weight is 630 g/mol. The number of allylic oxidation sites excluding steroid dienone is 4. The van der Waals surface area contributed by atoms with Crippen molar-refractivity contribution >= 4 is 17.6 Å². The van der Waals surface area contributed by atoms with E-state index >= 15 is 8.78 Å². The van der Waals surface area contributed by atoms with Gasteiger partial charge in [0.25, 0.3) is 0 Å². The molecule has 240 valence electrons. The van der Waals surface area contributed by atoms with E-state index in [2.05, 4.69) is 5.32 Å². The zero-order valence-corrected chi connectivity index (χ0v) is 25.1. The lowest BCUT2D eigenvalue weighted by molar-refractivity contribution is -0.362. The van der Waals surface area contributed by atoms with Gasteiger partial charge in [0.1, 0.15) is 12.2 Å². The Kier molecular flexibility index (Phi) is 7.74. The van der Waals surface area contributed by atoms with Crippen LogP contribution in [0.1, 0.15) is 74.5 Å². The molecule has 0 spiro atoms. The number of carbonyl (C=O) groups excluding carboxylic acids is 2. The second-order valence-corrected chi connectivity index (χ2v) is 13.3. The van der Waals surface area contributed by atoms with Crippen molar-refractivity contribution < 1.29 is 41.4 Å². The fourth-order valence-electron chi connectivity index (χ4n) is 8.50. The average Bonchev–Trinajstić information content (AvgIpc) is 3.27. The topological polar surface area (TPSA) is 75.6 Å². The molecule has 0 saturated heterocycles. The lowest BCUT2D eigenvalue weighted by atomic mass is 9.50. The molecule has 45 heavy (non-hydrogen) atoms. The molecule has 2 N–H and O–H groups in total. The highest BCUT2D eigenvalue weighted by Gasteiger charge is 2.79. The number of hydrogen-bond donors (Lipinski definition) is 2. The molecule has 0 radical (unpaired) electrons. The first kappa shape index (κ1) is 31.5. The van der Waals surface area contributed by atoms with Gasteiger partial charge in [-0.2, -0.15) is 22.0 Å². The van der Waals surface area contributed by atoms with E-state index < -0.39 is 47.5 Å². The van der Waals surface area contributed by atoms with Gasteiger partial charge in [0.15, 0.2) is 5.78 Å². The minimum Gasteiger partial charge on any atom is -0.444 e. The normalized spacial score (nSPS) is 29.8. The molecule has 2 unspecified atom stereocenters. The number of ether oxygens (including phenoxy) is 1. The van der Waals surface area contributed by atoms with Crippen molar-refractivity contribution in [3.63, 3.8) is 0 Å². The summed E-state index contributed by atoms with van der Waals surface area (Å²) in [5.74, 6) is -6.64. The Balaban J connectivity index is 1.31. The number of rotatable bonds is 5. The SMILES string of the molecule is Cc1ccc(NC(=O)OCc2ccc([C@H]3C[C@@]4(C)C(CC[C@@]4(O)C(F)(F)C(F)(F)F)C4CCC5=CC(=O)CCC5=C43)cc2)cc1. The smallest absolute Gasteiger partial charge is 0.444 e. The van der Waals surface area contributed by atoms with Crippen molar-refractivity contribution in [1.82, 2.24) is 0 Å². The highest BCUT2D eigenvalue weighted by atomic mass is 19.4. The van der Waals surface area contributed by atoms with Gasteiger partial charge in [-0.25, -0.2) is 4.79 Å². The number of amides is 1. The summed E-state index contributed by atoms with van der Waals surface area (Å²) in [6.07, 6.45) is -3.67. The van der Waals surface area contributed by atoms with Gasteiger partial charge in [0.2, 0.25) is 0 Å². The van der Waals surface area contributed by atoms with Crippen LogP contribution in [0.5, 0.6) is 0 Å². The molecular weight excluding hydrogens is 593 g/mol. The van der Waals surface area contributed by atoms with Gasteiger partial charge >= 0.3 is 18.2 Å². The van der Waals surface area contributed by atoms with E-state index in [1.165, 1.54) is 6.92 Å². The van der Waals surface area contributed by atoms with Crippen LogP contribution in [0.2, 0.25) is 0 Å². The Bertz CT molecular complexity index is 1560. The quantitative estimate of drug-likeness (QED) is 0.325. The maximum atomic E-state index is 15.2. The third-order valence-electron chi connectivity index (χ3n) is 10.8. The van der Waals surface area contributed by atoms with Gasteiger partial charge in [-0.05, 0) is 97.8 Å². The third-order valence-corrected chi connectivity index (χ3v) is 10.8. The second kappa shape index (κ2) is 11.1. The van der Waals surface area contributed by atoms with E-state index in [1.807, 2.05) is 19.1 Å². The van der Waals surface area contributed by atoms with Crippen molar-refractivity contribution in [2.75, 3.05) is 5.32 Å².